The molecule has 1 aliphatic rings. The Kier molecular flexibility index (Phi) is 8.12. The number of imidazole rings is 1. The highest BCUT2D eigenvalue weighted by atomic mass is 35.5. The van der Waals surface area contributed by atoms with Gasteiger partial charge in [0.15, 0.2) is 0 Å². The van der Waals surface area contributed by atoms with Crippen LogP contribution in [0.25, 0.3) is 0 Å². The molecule has 1 aliphatic carbocycles. The summed E-state index contributed by atoms with van der Waals surface area (Å²) in [5.41, 5.74) is 2.74. The molecule has 1 fully saturated rings. The molecule has 1 saturated carbocycles. The molecule has 4 rings (SSSR count). The van der Waals surface area contributed by atoms with Crippen LogP contribution in [-0.4, -0.2) is 35.3 Å². The molecule has 9 heteroatoms. The maximum absolute atomic E-state index is 13.5. The van der Waals surface area contributed by atoms with Crippen molar-refractivity contribution < 1.29 is 13.2 Å². The third-order valence-corrected chi connectivity index (χ3v) is 8.43. The van der Waals surface area contributed by atoms with Crippen LogP contribution in [0.2, 0.25) is 10.0 Å². The highest BCUT2D eigenvalue weighted by molar-refractivity contribution is 7.90. The van der Waals surface area contributed by atoms with E-state index in [1.165, 1.54) is 0 Å². The second-order valence-electron chi connectivity index (χ2n) is 9.98. The Bertz CT molecular complexity index is 1360. The van der Waals surface area contributed by atoms with Crippen molar-refractivity contribution in [3.05, 3.63) is 81.1 Å². The molecule has 1 amide bonds. The van der Waals surface area contributed by atoms with Gasteiger partial charge in [-0.05, 0) is 60.9 Å². The number of carbonyl (C=O) groups excluding carboxylic acids is 1. The summed E-state index contributed by atoms with van der Waals surface area (Å²) in [4.78, 5) is 19.6. The fraction of sp³-hybridized carbons (Fsp3) is 0.407. The Morgan fingerprint density at radius 3 is 2.53 bits per heavy atom. The van der Waals surface area contributed by atoms with Crippen LogP contribution >= 0.6 is 23.2 Å². The molecule has 0 N–H and O–H groups in total. The third kappa shape index (κ3) is 6.31. The van der Waals surface area contributed by atoms with E-state index in [0.29, 0.717) is 40.3 Å². The summed E-state index contributed by atoms with van der Waals surface area (Å²) < 4.78 is 28.7. The fourth-order valence-electron chi connectivity index (χ4n) is 4.23. The molecule has 1 aromatic heterocycles. The second-order valence-corrected chi connectivity index (χ2v) is 12.7. The van der Waals surface area contributed by atoms with Gasteiger partial charge < -0.3 is 9.47 Å². The van der Waals surface area contributed by atoms with Crippen molar-refractivity contribution in [2.24, 2.45) is 11.8 Å². The minimum atomic E-state index is -3.71. The maximum atomic E-state index is 13.5. The van der Waals surface area contributed by atoms with Gasteiger partial charge in [0.1, 0.15) is 0 Å². The van der Waals surface area contributed by atoms with Gasteiger partial charge in [0.2, 0.25) is 15.0 Å². The number of amides is 1. The average molecular weight is 549 g/mol. The molecule has 3 aromatic rings. The Morgan fingerprint density at radius 1 is 1.17 bits per heavy atom. The van der Waals surface area contributed by atoms with E-state index in [0.717, 1.165) is 24.0 Å². The summed E-state index contributed by atoms with van der Waals surface area (Å²) >= 11 is 12.4. The third-order valence-electron chi connectivity index (χ3n) is 6.31. The lowest BCUT2D eigenvalue weighted by atomic mass is 10.1. The zero-order valence-electron chi connectivity index (χ0n) is 20.7. The number of sulfone groups is 1. The summed E-state index contributed by atoms with van der Waals surface area (Å²) in [6.07, 6.45) is 3.72. The first-order chi connectivity index (χ1) is 17.0. The summed E-state index contributed by atoms with van der Waals surface area (Å²) in [7, 11) is -3.71. The van der Waals surface area contributed by atoms with Crippen molar-refractivity contribution in [1.82, 2.24) is 14.5 Å². The van der Waals surface area contributed by atoms with Crippen LogP contribution in [0.1, 0.15) is 53.9 Å². The van der Waals surface area contributed by atoms with E-state index in [1.807, 2.05) is 45.0 Å². The molecule has 6 nitrogen and oxygen atoms in total. The van der Waals surface area contributed by atoms with Crippen molar-refractivity contribution in [2.45, 2.75) is 57.6 Å². The first kappa shape index (κ1) is 26.7. The van der Waals surface area contributed by atoms with E-state index >= 15 is 0 Å². The summed E-state index contributed by atoms with van der Waals surface area (Å²) in [5.74, 6) is 0.291. The first-order valence-electron chi connectivity index (χ1n) is 12.1. The average Bonchev–Trinajstić information content (AvgIpc) is 3.53. The lowest BCUT2D eigenvalue weighted by Crippen LogP contribution is -2.34. The van der Waals surface area contributed by atoms with Gasteiger partial charge in [-0.3, -0.25) is 4.79 Å². The van der Waals surface area contributed by atoms with Gasteiger partial charge in [-0.15, -0.1) is 0 Å². The van der Waals surface area contributed by atoms with Gasteiger partial charge in [-0.1, -0.05) is 61.3 Å². The van der Waals surface area contributed by atoms with Crippen LogP contribution in [0.3, 0.4) is 0 Å². The molecular weight excluding hydrogens is 517 g/mol. The normalized spacial score (nSPS) is 13.8. The van der Waals surface area contributed by atoms with Crippen LogP contribution < -0.4 is 0 Å². The molecule has 0 atom stereocenters. The van der Waals surface area contributed by atoms with Gasteiger partial charge in [0, 0.05) is 18.1 Å². The molecule has 0 spiro atoms. The van der Waals surface area contributed by atoms with Crippen molar-refractivity contribution in [1.29, 1.82) is 0 Å². The number of hydrogen-bond donors (Lipinski definition) is 0. The molecule has 36 heavy (non-hydrogen) atoms. The van der Waals surface area contributed by atoms with E-state index < -0.39 is 9.84 Å². The molecular formula is C27H31Cl2N3O3S. The number of carbonyl (C=O) groups is 1. The van der Waals surface area contributed by atoms with Crippen molar-refractivity contribution in [3.8, 4) is 0 Å². The molecule has 2 aromatic carbocycles. The summed E-state index contributed by atoms with van der Waals surface area (Å²) in [5, 5.41) is 0.798. The standard InChI is InChI=1S/C27H31Cl2N3O3S/c1-18(2)14-32-23(13-30-27(32)36(34,35)17-21-7-5-4-6-19(21)3)16-31(15-20-8-9-20)26(33)24-11-10-22(28)12-25(24)29/h4-7,10-13,18,20H,8-9,14-17H2,1-3H3. The minimum Gasteiger partial charge on any atom is -0.332 e. The Labute approximate surface area is 223 Å². The number of aryl methyl sites for hydroxylation is 1. The molecule has 0 unspecified atom stereocenters. The van der Waals surface area contributed by atoms with Crippen LogP contribution in [0.4, 0.5) is 0 Å². The molecule has 0 aliphatic heterocycles. The van der Waals surface area contributed by atoms with Gasteiger partial charge in [0.05, 0.1) is 34.8 Å². The molecule has 192 valence electrons. The highest BCUT2D eigenvalue weighted by Crippen LogP contribution is 2.32. The number of benzene rings is 2. The Morgan fingerprint density at radius 2 is 1.89 bits per heavy atom. The number of rotatable bonds is 10. The molecule has 0 bridgehead atoms. The number of halogens is 2. The predicted octanol–water partition coefficient (Wildman–Crippen LogP) is 6.18. The van der Waals surface area contributed by atoms with Crippen LogP contribution in [0.5, 0.6) is 0 Å². The van der Waals surface area contributed by atoms with Gasteiger partial charge in [0.25, 0.3) is 5.91 Å². The summed E-state index contributed by atoms with van der Waals surface area (Å²) in [6, 6.07) is 12.3. The van der Waals surface area contributed by atoms with Crippen molar-refractivity contribution in [3.63, 3.8) is 0 Å². The zero-order chi connectivity index (χ0) is 26.0. The maximum Gasteiger partial charge on any atom is 0.255 e. The smallest absolute Gasteiger partial charge is 0.255 e. The quantitative estimate of drug-likeness (QED) is 0.303. The summed E-state index contributed by atoms with van der Waals surface area (Å²) in [6.45, 7) is 7.26. The number of aromatic nitrogens is 2. The molecule has 0 radical (unpaired) electrons. The zero-order valence-corrected chi connectivity index (χ0v) is 23.1. The van der Waals surface area contributed by atoms with Crippen molar-refractivity contribution >= 4 is 38.9 Å². The van der Waals surface area contributed by atoms with E-state index in [9.17, 15) is 13.2 Å². The van der Waals surface area contributed by atoms with Gasteiger partial charge in [-0.2, -0.15) is 0 Å². The first-order valence-corrected chi connectivity index (χ1v) is 14.5. The fourth-order valence-corrected chi connectivity index (χ4v) is 6.32. The predicted molar refractivity (Wildman–Crippen MR) is 143 cm³/mol. The Hall–Kier alpha value is -2.35. The van der Waals surface area contributed by atoms with Gasteiger partial charge >= 0.3 is 0 Å². The van der Waals surface area contributed by atoms with Crippen LogP contribution in [-0.2, 0) is 28.7 Å². The molecule has 1 heterocycles. The Balaban J connectivity index is 1.67. The number of hydrogen-bond acceptors (Lipinski definition) is 4. The van der Waals surface area contributed by atoms with E-state index in [2.05, 4.69) is 4.98 Å². The van der Waals surface area contributed by atoms with E-state index in [1.54, 1.807) is 33.9 Å². The lowest BCUT2D eigenvalue weighted by molar-refractivity contribution is 0.0730. The minimum absolute atomic E-state index is 0.0396. The van der Waals surface area contributed by atoms with Crippen LogP contribution in [0, 0.1) is 18.8 Å². The van der Waals surface area contributed by atoms with E-state index in [-0.39, 0.29) is 29.3 Å². The topological polar surface area (TPSA) is 72.3 Å². The lowest BCUT2D eigenvalue weighted by Gasteiger charge is -2.24. The molecule has 0 saturated heterocycles. The monoisotopic (exact) mass is 547 g/mol. The highest BCUT2D eigenvalue weighted by Gasteiger charge is 2.31. The second kappa shape index (κ2) is 11.0. The number of nitrogens with zero attached hydrogens (tertiary/aromatic N) is 3. The van der Waals surface area contributed by atoms with Crippen LogP contribution in [0.15, 0.2) is 53.8 Å². The largest absolute Gasteiger partial charge is 0.332 e. The SMILES string of the molecule is Cc1ccccc1CS(=O)(=O)c1ncc(CN(CC2CC2)C(=O)c2ccc(Cl)cc2Cl)n1CC(C)C. The van der Waals surface area contributed by atoms with E-state index in [4.69, 9.17) is 23.2 Å². The van der Waals surface area contributed by atoms with Gasteiger partial charge in [-0.25, -0.2) is 13.4 Å². The van der Waals surface area contributed by atoms with Crippen molar-refractivity contribution in [2.75, 3.05) is 6.54 Å².